The van der Waals surface area contributed by atoms with E-state index in [-0.39, 0.29) is 5.41 Å². The van der Waals surface area contributed by atoms with Gasteiger partial charge in [-0.15, -0.1) is 0 Å². The van der Waals surface area contributed by atoms with Gasteiger partial charge < -0.3 is 4.90 Å². The van der Waals surface area contributed by atoms with Crippen molar-refractivity contribution in [2.75, 3.05) is 25.5 Å². The maximum Gasteiger partial charge on any atom is 0.0912 e. The van der Waals surface area contributed by atoms with Gasteiger partial charge in [0.15, 0.2) is 0 Å². The van der Waals surface area contributed by atoms with E-state index >= 15 is 0 Å². The van der Waals surface area contributed by atoms with Crippen LogP contribution in [0.2, 0.25) is 0 Å². The van der Waals surface area contributed by atoms with Gasteiger partial charge in [0.1, 0.15) is 0 Å². The monoisotopic (exact) mass is 201 g/mol. The minimum Gasteiger partial charge on any atom is -0.358 e. The lowest BCUT2D eigenvalue weighted by molar-refractivity contribution is 0.268. The number of hydrogen-bond acceptors (Lipinski definition) is 2. The minimum absolute atomic E-state index is 0.278. The van der Waals surface area contributed by atoms with Crippen LogP contribution >= 0.6 is 0 Å². The van der Waals surface area contributed by atoms with Crippen molar-refractivity contribution < 1.29 is 0 Å². The molecule has 1 radical (unpaired) electrons. The summed E-state index contributed by atoms with van der Waals surface area (Å²) in [7, 11) is 4.42. The molecule has 2 heteroatoms. The van der Waals surface area contributed by atoms with Crippen molar-refractivity contribution in [1.29, 1.82) is 0 Å². The number of anilines is 1. The first-order valence-corrected chi connectivity index (χ1v) is 5.59. The SMILES string of the molecule is CN1CCC2(C)c3[c]cccc3N(C)C12. The second-order valence-corrected chi connectivity index (χ2v) is 5.06. The fraction of sp³-hybridized carbons (Fsp3) is 0.538. The molecule has 0 amide bonds. The van der Waals surface area contributed by atoms with Crippen molar-refractivity contribution >= 4 is 5.69 Å². The molecule has 2 nitrogen and oxygen atoms in total. The highest BCUT2D eigenvalue weighted by molar-refractivity contribution is 5.63. The molecule has 1 aromatic carbocycles. The Kier molecular flexibility index (Phi) is 1.70. The molecule has 0 saturated carbocycles. The zero-order chi connectivity index (χ0) is 10.6. The predicted molar refractivity (Wildman–Crippen MR) is 62.1 cm³/mol. The number of nitrogens with zero attached hydrogens (tertiary/aromatic N) is 2. The van der Waals surface area contributed by atoms with Crippen LogP contribution in [0.4, 0.5) is 5.69 Å². The molecular formula is C13H17N2. The largest absolute Gasteiger partial charge is 0.358 e. The van der Waals surface area contributed by atoms with E-state index in [1.165, 1.54) is 24.2 Å². The van der Waals surface area contributed by atoms with Crippen molar-refractivity contribution in [3.8, 4) is 0 Å². The van der Waals surface area contributed by atoms with Crippen LogP contribution in [0, 0.1) is 6.07 Å². The molecular weight excluding hydrogens is 184 g/mol. The number of hydrogen-bond donors (Lipinski definition) is 0. The summed E-state index contributed by atoms with van der Waals surface area (Å²) in [4.78, 5) is 4.85. The van der Waals surface area contributed by atoms with Gasteiger partial charge >= 0.3 is 0 Å². The van der Waals surface area contributed by atoms with Gasteiger partial charge in [0.2, 0.25) is 0 Å². The van der Waals surface area contributed by atoms with Crippen molar-refractivity contribution in [2.45, 2.75) is 24.9 Å². The minimum atomic E-state index is 0.278. The van der Waals surface area contributed by atoms with Crippen molar-refractivity contribution in [3.63, 3.8) is 0 Å². The normalized spacial score (nSPS) is 34.3. The van der Waals surface area contributed by atoms with Crippen molar-refractivity contribution in [2.24, 2.45) is 0 Å². The number of fused-ring (bicyclic) bond motifs is 3. The molecule has 3 rings (SSSR count). The molecule has 2 heterocycles. The standard InChI is InChI=1S/C13H17N2/c1-13-8-9-14(2)12(13)15(3)11-7-5-4-6-10(11)13/h4-5,7,12H,8-9H2,1-3H3. The summed E-state index contributed by atoms with van der Waals surface area (Å²) in [6.07, 6.45) is 1.76. The van der Waals surface area contributed by atoms with Crippen LogP contribution in [0.3, 0.4) is 0 Å². The van der Waals surface area contributed by atoms with Gasteiger partial charge in [0.05, 0.1) is 6.17 Å². The summed E-state index contributed by atoms with van der Waals surface area (Å²) >= 11 is 0. The van der Waals surface area contributed by atoms with Crippen LogP contribution in [-0.4, -0.2) is 31.7 Å². The van der Waals surface area contributed by atoms with E-state index < -0.39 is 0 Å². The number of likely N-dealkylation sites (N-methyl/N-ethyl adjacent to an activating group) is 2. The van der Waals surface area contributed by atoms with Gasteiger partial charge in [0, 0.05) is 24.7 Å². The van der Waals surface area contributed by atoms with E-state index in [0.717, 1.165) is 0 Å². The van der Waals surface area contributed by atoms with Crippen molar-refractivity contribution in [3.05, 3.63) is 29.8 Å². The van der Waals surface area contributed by atoms with Gasteiger partial charge in [-0.25, -0.2) is 0 Å². The average molecular weight is 201 g/mol. The zero-order valence-corrected chi connectivity index (χ0v) is 9.62. The van der Waals surface area contributed by atoms with E-state index in [1.807, 2.05) is 6.07 Å². The molecule has 15 heavy (non-hydrogen) atoms. The Balaban J connectivity index is 2.19. The van der Waals surface area contributed by atoms with Crippen LogP contribution < -0.4 is 4.90 Å². The first-order valence-electron chi connectivity index (χ1n) is 5.59. The number of likely N-dealkylation sites (tertiary alicyclic amines) is 1. The van der Waals surface area contributed by atoms with Crippen LogP contribution in [0.25, 0.3) is 0 Å². The van der Waals surface area contributed by atoms with Crippen LogP contribution in [0.1, 0.15) is 18.9 Å². The molecule has 2 unspecified atom stereocenters. The van der Waals surface area contributed by atoms with Crippen LogP contribution in [0.5, 0.6) is 0 Å². The van der Waals surface area contributed by atoms with E-state index in [1.54, 1.807) is 0 Å². The predicted octanol–water partition coefficient (Wildman–Crippen LogP) is 1.86. The summed E-state index contributed by atoms with van der Waals surface area (Å²) < 4.78 is 0. The second kappa shape index (κ2) is 2.76. The molecule has 0 aromatic heterocycles. The Bertz CT molecular complexity index is 401. The molecule has 1 fully saturated rings. The first kappa shape index (κ1) is 9.22. The molecule has 0 bridgehead atoms. The Morgan fingerprint density at radius 3 is 3.07 bits per heavy atom. The Morgan fingerprint density at radius 2 is 2.27 bits per heavy atom. The van der Waals surface area contributed by atoms with Crippen LogP contribution in [-0.2, 0) is 5.41 Å². The fourth-order valence-electron chi connectivity index (χ4n) is 3.43. The first-order chi connectivity index (χ1) is 7.14. The molecule has 1 aromatic rings. The van der Waals surface area contributed by atoms with Gasteiger partial charge in [-0.3, -0.25) is 4.90 Å². The smallest absolute Gasteiger partial charge is 0.0912 e. The Labute approximate surface area is 91.5 Å². The van der Waals surface area contributed by atoms with Crippen molar-refractivity contribution in [1.82, 2.24) is 4.90 Å². The molecule has 79 valence electrons. The molecule has 0 aliphatic carbocycles. The van der Waals surface area contributed by atoms with E-state index in [0.29, 0.717) is 6.17 Å². The lowest BCUT2D eigenvalue weighted by Gasteiger charge is -2.32. The quantitative estimate of drug-likeness (QED) is 0.632. The summed E-state index contributed by atoms with van der Waals surface area (Å²) in [5.41, 5.74) is 3.04. The second-order valence-electron chi connectivity index (χ2n) is 5.06. The molecule has 2 aliphatic heterocycles. The third-order valence-electron chi connectivity index (χ3n) is 4.12. The summed E-state index contributed by atoms with van der Waals surface area (Å²) in [5.74, 6) is 0. The Hall–Kier alpha value is -1.02. The van der Waals surface area contributed by atoms with Gasteiger partial charge in [-0.2, -0.15) is 0 Å². The molecule has 1 saturated heterocycles. The van der Waals surface area contributed by atoms with Gasteiger partial charge in [-0.05, 0) is 31.2 Å². The number of rotatable bonds is 0. The van der Waals surface area contributed by atoms with E-state index in [2.05, 4.69) is 49.0 Å². The van der Waals surface area contributed by atoms with E-state index in [4.69, 9.17) is 0 Å². The number of benzene rings is 1. The lowest BCUT2D eigenvalue weighted by Crippen LogP contribution is -2.45. The molecule has 0 N–H and O–H groups in total. The topological polar surface area (TPSA) is 6.48 Å². The molecule has 0 spiro atoms. The lowest BCUT2D eigenvalue weighted by atomic mass is 9.81. The zero-order valence-electron chi connectivity index (χ0n) is 9.62. The third-order valence-corrected chi connectivity index (χ3v) is 4.12. The maximum absolute atomic E-state index is 3.44. The highest BCUT2D eigenvalue weighted by Crippen LogP contribution is 2.50. The summed E-state index contributed by atoms with van der Waals surface area (Å²) in [6.45, 7) is 3.56. The summed E-state index contributed by atoms with van der Waals surface area (Å²) in [6, 6.07) is 9.78. The van der Waals surface area contributed by atoms with E-state index in [9.17, 15) is 0 Å². The Morgan fingerprint density at radius 1 is 1.47 bits per heavy atom. The average Bonchev–Trinajstić information content (AvgIpc) is 2.65. The molecule has 2 aliphatic rings. The summed E-state index contributed by atoms with van der Waals surface area (Å²) in [5, 5.41) is 0. The van der Waals surface area contributed by atoms with Gasteiger partial charge in [0.25, 0.3) is 0 Å². The van der Waals surface area contributed by atoms with Crippen LogP contribution in [0.15, 0.2) is 18.2 Å². The maximum atomic E-state index is 3.44. The third kappa shape index (κ3) is 0.979. The van der Waals surface area contributed by atoms with Gasteiger partial charge in [-0.1, -0.05) is 19.1 Å². The molecule has 2 atom stereocenters. The highest BCUT2D eigenvalue weighted by atomic mass is 15.4. The fourth-order valence-corrected chi connectivity index (χ4v) is 3.43. The highest BCUT2D eigenvalue weighted by Gasteiger charge is 2.51.